The second-order valence-corrected chi connectivity index (χ2v) is 6.87. The Morgan fingerprint density at radius 1 is 1.13 bits per heavy atom. The highest BCUT2D eigenvalue weighted by Gasteiger charge is 2.21. The van der Waals surface area contributed by atoms with Crippen molar-refractivity contribution in [2.24, 2.45) is 0 Å². The van der Waals surface area contributed by atoms with E-state index in [1.165, 1.54) is 10.4 Å². The number of nitrogens with zero attached hydrogens (tertiary/aromatic N) is 2. The largest absolute Gasteiger partial charge is 0.484 e. The minimum Gasteiger partial charge on any atom is -0.484 e. The van der Waals surface area contributed by atoms with Gasteiger partial charge in [0.25, 0.3) is 5.91 Å². The first-order chi connectivity index (χ1) is 11.2. The predicted octanol–water partition coefficient (Wildman–Crippen LogP) is 2.78. The zero-order valence-corrected chi connectivity index (χ0v) is 14.2. The Bertz CT molecular complexity index is 617. The number of thiophene rings is 1. The summed E-state index contributed by atoms with van der Waals surface area (Å²) in [4.78, 5) is 17.9. The molecule has 1 fully saturated rings. The molecule has 1 aromatic heterocycles. The lowest BCUT2D eigenvalue weighted by Crippen LogP contribution is -2.49. The van der Waals surface area contributed by atoms with Crippen molar-refractivity contribution in [3.05, 3.63) is 52.2 Å². The number of hydrogen-bond acceptors (Lipinski definition) is 4. The highest BCUT2D eigenvalue weighted by Crippen LogP contribution is 2.14. The molecule has 2 aromatic rings. The molecule has 0 aliphatic carbocycles. The molecule has 122 valence electrons. The molecule has 0 unspecified atom stereocenters. The molecule has 1 saturated heterocycles. The Hall–Kier alpha value is -1.85. The average Bonchev–Trinajstić information content (AvgIpc) is 3.08. The van der Waals surface area contributed by atoms with Gasteiger partial charge in [0.15, 0.2) is 6.61 Å². The van der Waals surface area contributed by atoms with Crippen molar-refractivity contribution >= 4 is 17.2 Å². The number of aryl methyl sites for hydroxylation is 1. The smallest absolute Gasteiger partial charge is 0.260 e. The molecule has 0 radical (unpaired) electrons. The van der Waals surface area contributed by atoms with E-state index >= 15 is 0 Å². The van der Waals surface area contributed by atoms with Crippen LogP contribution in [0.2, 0.25) is 0 Å². The third-order valence-corrected chi connectivity index (χ3v) is 4.93. The molecule has 4 nitrogen and oxygen atoms in total. The summed E-state index contributed by atoms with van der Waals surface area (Å²) in [5.74, 6) is 0.821. The van der Waals surface area contributed by atoms with Crippen molar-refractivity contribution in [2.75, 3.05) is 32.8 Å². The molecule has 1 amide bonds. The number of carbonyl (C=O) groups excluding carboxylic acids is 1. The van der Waals surface area contributed by atoms with Gasteiger partial charge in [0.2, 0.25) is 0 Å². The maximum absolute atomic E-state index is 12.2. The Labute approximate surface area is 141 Å². The van der Waals surface area contributed by atoms with Gasteiger partial charge in [-0.25, -0.2) is 0 Å². The van der Waals surface area contributed by atoms with Gasteiger partial charge < -0.3 is 9.64 Å². The van der Waals surface area contributed by atoms with Crippen molar-refractivity contribution < 1.29 is 9.53 Å². The third-order valence-electron chi connectivity index (χ3n) is 4.07. The zero-order chi connectivity index (χ0) is 16.1. The molecule has 1 aliphatic heterocycles. The Morgan fingerprint density at radius 3 is 2.52 bits per heavy atom. The van der Waals surface area contributed by atoms with E-state index in [-0.39, 0.29) is 12.5 Å². The SMILES string of the molecule is Cc1ccc(OCC(=O)N2CCN(Cc3cccs3)CC2)cc1. The second-order valence-electron chi connectivity index (χ2n) is 5.84. The predicted molar refractivity (Wildman–Crippen MR) is 92.9 cm³/mol. The number of benzene rings is 1. The Balaban J connectivity index is 1.42. The van der Waals surface area contributed by atoms with E-state index in [0.29, 0.717) is 0 Å². The molecular weight excluding hydrogens is 308 g/mol. The molecule has 5 heteroatoms. The van der Waals surface area contributed by atoms with Crippen LogP contribution in [0.15, 0.2) is 41.8 Å². The summed E-state index contributed by atoms with van der Waals surface area (Å²) in [5, 5.41) is 2.11. The normalized spacial score (nSPS) is 15.6. The van der Waals surface area contributed by atoms with Crippen LogP contribution in [-0.2, 0) is 11.3 Å². The molecule has 0 saturated carbocycles. The fraction of sp³-hybridized carbons (Fsp3) is 0.389. The third kappa shape index (κ3) is 4.56. The lowest BCUT2D eigenvalue weighted by molar-refractivity contribution is -0.135. The van der Waals surface area contributed by atoms with Crippen LogP contribution < -0.4 is 4.74 Å². The van der Waals surface area contributed by atoms with Gasteiger partial charge in [-0.1, -0.05) is 23.8 Å². The van der Waals surface area contributed by atoms with E-state index in [1.54, 1.807) is 11.3 Å². The quantitative estimate of drug-likeness (QED) is 0.845. The van der Waals surface area contributed by atoms with Crippen LogP contribution in [-0.4, -0.2) is 48.5 Å². The highest BCUT2D eigenvalue weighted by molar-refractivity contribution is 7.09. The van der Waals surface area contributed by atoms with Crippen LogP contribution in [0.25, 0.3) is 0 Å². The van der Waals surface area contributed by atoms with E-state index in [1.807, 2.05) is 36.1 Å². The van der Waals surface area contributed by atoms with Gasteiger partial charge in [-0.05, 0) is 30.5 Å². The van der Waals surface area contributed by atoms with Gasteiger partial charge in [0, 0.05) is 37.6 Å². The second kappa shape index (κ2) is 7.62. The first-order valence-corrected chi connectivity index (χ1v) is 8.80. The molecule has 3 rings (SSSR count). The lowest BCUT2D eigenvalue weighted by Gasteiger charge is -2.34. The van der Waals surface area contributed by atoms with Crippen LogP contribution in [0.3, 0.4) is 0 Å². The average molecular weight is 330 g/mol. The number of rotatable bonds is 5. The summed E-state index contributed by atoms with van der Waals surface area (Å²) < 4.78 is 5.58. The van der Waals surface area contributed by atoms with Crippen LogP contribution in [0, 0.1) is 6.92 Å². The molecule has 2 heterocycles. The van der Waals surface area contributed by atoms with Gasteiger partial charge in [-0.15, -0.1) is 11.3 Å². The number of amides is 1. The molecule has 23 heavy (non-hydrogen) atoms. The number of ether oxygens (including phenoxy) is 1. The van der Waals surface area contributed by atoms with Crippen LogP contribution in [0.5, 0.6) is 5.75 Å². The molecular formula is C18H22N2O2S. The summed E-state index contributed by atoms with van der Waals surface area (Å²) in [6.45, 7) is 6.55. The summed E-state index contributed by atoms with van der Waals surface area (Å²) >= 11 is 1.79. The van der Waals surface area contributed by atoms with E-state index in [9.17, 15) is 4.79 Å². The maximum Gasteiger partial charge on any atom is 0.260 e. The first-order valence-electron chi connectivity index (χ1n) is 7.93. The molecule has 1 aromatic carbocycles. The van der Waals surface area contributed by atoms with Gasteiger partial charge in [0.05, 0.1) is 0 Å². The van der Waals surface area contributed by atoms with Crippen molar-refractivity contribution in [1.29, 1.82) is 0 Å². The van der Waals surface area contributed by atoms with Crippen molar-refractivity contribution in [1.82, 2.24) is 9.80 Å². The highest BCUT2D eigenvalue weighted by atomic mass is 32.1. The summed E-state index contributed by atoms with van der Waals surface area (Å²) in [5.41, 5.74) is 1.19. The van der Waals surface area contributed by atoms with Gasteiger partial charge in [-0.3, -0.25) is 9.69 Å². The van der Waals surface area contributed by atoms with Crippen LogP contribution in [0.1, 0.15) is 10.4 Å². The van der Waals surface area contributed by atoms with Crippen molar-refractivity contribution in [3.8, 4) is 5.75 Å². The van der Waals surface area contributed by atoms with Crippen molar-refractivity contribution in [3.63, 3.8) is 0 Å². The Kier molecular flexibility index (Phi) is 5.31. The van der Waals surface area contributed by atoms with E-state index in [0.717, 1.165) is 38.5 Å². The van der Waals surface area contributed by atoms with Gasteiger partial charge in [0.1, 0.15) is 5.75 Å². The van der Waals surface area contributed by atoms with Crippen molar-refractivity contribution in [2.45, 2.75) is 13.5 Å². The summed E-state index contributed by atoms with van der Waals surface area (Å²) in [6, 6.07) is 12.0. The first kappa shape index (κ1) is 16.0. The topological polar surface area (TPSA) is 32.8 Å². The molecule has 0 N–H and O–H groups in total. The Morgan fingerprint density at radius 2 is 1.87 bits per heavy atom. The fourth-order valence-corrected chi connectivity index (χ4v) is 3.40. The molecule has 1 aliphatic rings. The van der Waals surface area contributed by atoms with Crippen LogP contribution >= 0.6 is 11.3 Å². The van der Waals surface area contributed by atoms with Crippen LogP contribution in [0.4, 0.5) is 0 Å². The molecule has 0 bridgehead atoms. The monoisotopic (exact) mass is 330 g/mol. The van der Waals surface area contributed by atoms with E-state index in [2.05, 4.69) is 22.4 Å². The number of carbonyl (C=O) groups is 1. The summed E-state index contributed by atoms with van der Waals surface area (Å²) in [7, 11) is 0. The molecule has 0 atom stereocenters. The minimum absolute atomic E-state index is 0.0707. The maximum atomic E-state index is 12.2. The van der Waals surface area contributed by atoms with Gasteiger partial charge >= 0.3 is 0 Å². The zero-order valence-electron chi connectivity index (χ0n) is 13.4. The summed E-state index contributed by atoms with van der Waals surface area (Å²) in [6.07, 6.45) is 0. The van der Waals surface area contributed by atoms with Gasteiger partial charge in [-0.2, -0.15) is 0 Å². The minimum atomic E-state index is 0.0707. The standard InChI is InChI=1S/C18H22N2O2S/c1-15-4-6-16(7-5-15)22-14-18(21)20-10-8-19(9-11-20)13-17-3-2-12-23-17/h2-7,12H,8-11,13-14H2,1H3. The van der Waals surface area contributed by atoms with E-state index in [4.69, 9.17) is 4.74 Å². The fourth-order valence-electron chi connectivity index (χ4n) is 2.65. The number of hydrogen-bond donors (Lipinski definition) is 0. The van der Waals surface area contributed by atoms with E-state index < -0.39 is 0 Å². The number of piperazine rings is 1. The molecule has 0 spiro atoms. The lowest BCUT2D eigenvalue weighted by atomic mass is 10.2.